The summed E-state index contributed by atoms with van der Waals surface area (Å²) in [5.41, 5.74) is 2.09. The summed E-state index contributed by atoms with van der Waals surface area (Å²) in [6.45, 7) is 2.99. The molecule has 1 saturated heterocycles. The average molecular weight is 384 g/mol. The molecule has 3 amide bonds. The third kappa shape index (κ3) is 3.91. The molecule has 1 N–H and O–H groups in total. The molecule has 0 spiro atoms. The Morgan fingerprint density at radius 2 is 1.85 bits per heavy atom. The van der Waals surface area contributed by atoms with Crippen molar-refractivity contribution in [3.8, 4) is 0 Å². The van der Waals surface area contributed by atoms with Gasteiger partial charge < -0.3 is 15.0 Å². The Morgan fingerprint density at radius 3 is 2.63 bits per heavy atom. The van der Waals surface area contributed by atoms with Gasteiger partial charge in [0.1, 0.15) is 5.03 Å². The molecule has 2 aliphatic rings. The number of anilines is 2. The molecule has 0 unspecified atom stereocenters. The summed E-state index contributed by atoms with van der Waals surface area (Å²) in [6, 6.07) is 10.5. The highest BCUT2D eigenvalue weighted by atomic mass is 32.2. The standard InChI is InChI=1S/C19H20N4O3S/c24-18(22-8-11-26-12-9-22)14-3-5-15(6-4-14)21-19(25)23-10-13-27-17-16(23)2-1-7-20-17/h1-7H,8-13H2,(H,21,25). The molecule has 140 valence electrons. The van der Waals surface area contributed by atoms with Crippen LogP contribution in [0.1, 0.15) is 10.4 Å². The number of pyridine rings is 1. The maximum absolute atomic E-state index is 12.7. The summed E-state index contributed by atoms with van der Waals surface area (Å²) in [7, 11) is 0. The van der Waals surface area contributed by atoms with E-state index in [9.17, 15) is 9.59 Å². The minimum atomic E-state index is -0.197. The van der Waals surface area contributed by atoms with Crippen molar-refractivity contribution in [1.29, 1.82) is 0 Å². The molecule has 4 rings (SSSR count). The maximum Gasteiger partial charge on any atom is 0.326 e. The van der Waals surface area contributed by atoms with E-state index < -0.39 is 0 Å². The number of ether oxygens (including phenoxy) is 1. The van der Waals surface area contributed by atoms with E-state index in [1.165, 1.54) is 0 Å². The van der Waals surface area contributed by atoms with Gasteiger partial charge in [0, 0.05) is 42.8 Å². The van der Waals surface area contributed by atoms with Crippen LogP contribution >= 0.6 is 11.8 Å². The van der Waals surface area contributed by atoms with Gasteiger partial charge >= 0.3 is 6.03 Å². The number of carbonyl (C=O) groups excluding carboxylic acids is 2. The number of aromatic nitrogens is 1. The number of urea groups is 1. The molecular weight excluding hydrogens is 364 g/mol. The van der Waals surface area contributed by atoms with Crippen LogP contribution in [-0.4, -0.2) is 60.4 Å². The van der Waals surface area contributed by atoms with Crippen LogP contribution in [0, 0.1) is 0 Å². The maximum atomic E-state index is 12.7. The van der Waals surface area contributed by atoms with E-state index in [-0.39, 0.29) is 11.9 Å². The molecule has 1 fully saturated rings. The van der Waals surface area contributed by atoms with Crippen LogP contribution in [-0.2, 0) is 4.74 Å². The summed E-state index contributed by atoms with van der Waals surface area (Å²) < 4.78 is 5.28. The quantitative estimate of drug-likeness (QED) is 0.862. The van der Waals surface area contributed by atoms with Crippen molar-refractivity contribution in [2.45, 2.75) is 5.03 Å². The molecule has 1 aromatic carbocycles. The Hall–Kier alpha value is -2.58. The summed E-state index contributed by atoms with van der Waals surface area (Å²) in [5.74, 6) is 0.800. The molecule has 1 aromatic heterocycles. The monoisotopic (exact) mass is 384 g/mol. The fourth-order valence-electron chi connectivity index (χ4n) is 3.10. The fraction of sp³-hybridized carbons (Fsp3) is 0.316. The van der Waals surface area contributed by atoms with Gasteiger partial charge in [0.25, 0.3) is 5.91 Å². The van der Waals surface area contributed by atoms with Crippen molar-refractivity contribution >= 4 is 35.1 Å². The predicted octanol–water partition coefficient (Wildman–Crippen LogP) is 2.70. The third-order valence-electron chi connectivity index (χ3n) is 4.52. The van der Waals surface area contributed by atoms with E-state index in [1.807, 2.05) is 12.1 Å². The first kappa shape index (κ1) is 17.8. The first-order chi connectivity index (χ1) is 13.2. The number of fused-ring (bicyclic) bond motifs is 1. The average Bonchev–Trinajstić information content (AvgIpc) is 2.74. The Balaban J connectivity index is 1.43. The highest BCUT2D eigenvalue weighted by Gasteiger charge is 2.24. The number of thioether (sulfide) groups is 1. The van der Waals surface area contributed by atoms with Gasteiger partial charge in [-0.2, -0.15) is 0 Å². The van der Waals surface area contributed by atoms with Gasteiger partial charge in [-0.15, -0.1) is 11.8 Å². The topological polar surface area (TPSA) is 74.8 Å². The zero-order valence-electron chi connectivity index (χ0n) is 14.8. The van der Waals surface area contributed by atoms with Crippen LogP contribution in [0.25, 0.3) is 0 Å². The molecule has 27 heavy (non-hydrogen) atoms. The number of hydrogen-bond acceptors (Lipinski definition) is 5. The molecule has 3 heterocycles. The van der Waals surface area contributed by atoms with E-state index >= 15 is 0 Å². The minimum absolute atomic E-state index is 0.00997. The van der Waals surface area contributed by atoms with Crippen LogP contribution in [0.15, 0.2) is 47.6 Å². The van der Waals surface area contributed by atoms with Crippen molar-refractivity contribution in [3.05, 3.63) is 48.2 Å². The van der Waals surface area contributed by atoms with E-state index in [4.69, 9.17) is 4.74 Å². The van der Waals surface area contributed by atoms with Gasteiger partial charge in [-0.05, 0) is 36.4 Å². The number of amides is 3. The van der Waals surface area contributed by atoms with Gasteiger partial charge in [0.15, 0.2) is 0 Å². The normalized spacial score (nSPS) is 16.6. The first-order valence-corrected chi connectivity index (χ1v) is 9.84. The number of rotatable bonds is 2. The highest BCUT2D eigenvalue weighted by Crippen LogP contribution is 2.32. The number of morpholine rings is 1. The Labute approximate surface area is 161 Å². The van der Waals surface area contributed by atoms with Gasteiger partial charge in [-0.25, -0.2) is 9.78 Å². The third-order valence-corrected chi connectivity index (χ3v) is 5.50. The molecule has 7 nitrogen and oxygen atoms in total. The van der Waals surface area contributed by atoms with Crippen LogP contribution in [0.3, 0.4) is 0 Å². The molecule has 2 aliphatic heterocycles. The molecular formula is C19H20N4O3S. The molecule has 2 aromatic rings. The summed E-state index contributed by atoms with van der Waals surface area (Å²) in [5, 5.41) is 3.77. The number of hydrogen-bond donors (Lipinski definition) is 1. The number of nitrogens with one attached hydrogen (secondary N) is 1. The van der Waals surface area contributed by atoms with Crippen molar-refractivity contribution < 1.29 is 14.3 Å². The van der Waals surface area contributed by atoms with Crippen LogP contribution in [0.5, 0.6) is 0 Å². The second kappa shape index (κ2) is 7.98. The lowest BCUT2D eigenvalue weighted by Crippen LogP contribution is -2.40. The Bertz CT molecular complexity index is 837. The van der Waals surface area contributed by atoms with E-state index in [2.05, 4.69) is 10.3 Å². The van der Waals surface area contributed by atoms with Gasteiger partial charge in [-0.1, -0.05) is 0 Å². The summed E-state index contributed by atoms with van der Waals surface area (Å²) in [4.78, 5) is 33.0. The lowest BCUT2D eigenvalue weighted by molar-refractivity contribution is 0.0303. The van der Waals surface area contributed by atoms with E-state index in [0.717, 1.165) is 16.5 Å². The number of carbonyl (C=O) groups is 2. The zero-order chi connectivity index (χ0) is 18.6. The van der Waals surface area contributed by atoms with Crippen LogP contribution in [0.4, 0.5) is 16.2 Å². The van der Waals surface area contributed by atoms with E-state index in [1.54, 1.807) is 52.0 Å². The summed E-state index contributed by atoms with van der Waals surface area (Å²) >= 11 is 1.65. The number of benzene rings is 1. The van der Waals surface area contributed by atoms with Gasteiger partial charge in [0.2, 0.25) is 0 Å². The smallest absolute Gasteiger partial charge is 0.326 e. The van der Waals surface area contributed by atoms with Gasteiger partial charge in [-0.3, -0.25) is 9.69 Å². The first-order valence-electron chi connectivity index (χ1n) is 8.86. The lowest BCUT2D eigenvalue weighted by Gasteiger charge is -2.28. The molecule has 0 saturated carbocycles. The SMILES string of the molecule is O=C(c1ccc(NC(=O)N2CCSc3ncccc32)cc1)N1CCOCC1. The Morgan fingerprint density at radius 1 is 1.07 bits per heavy atom. The predicted molar refractivity (Wildman–Crippen MR) is 104 cm³/mol. The van der Waals surface area contributed by atoms with Crippen molar-refractivity contribution in [2.24, 2.45) is 0 Å². The lowest BCUT2D eigenvalue weighted by atomic mass is 10.1. The molecule has 0 atom stereocenters. The van der Waals surface area contributed by atoms with Crippen molar-refractivity contribution in [3.63, 3.8) is 0 Å². The summed E-state index contributed by atoms with van der Waals surface area (Å²) in [6.07, 6.45) is 1.73. The second-order valence-corrected chi connectivity index (χ2v) is 7.32. The molecule has 0 aliphatic carbocycles. The highest BCUT2D eigenvalue weighted by molar-refractivity contribution is 7.99. The molecule has 0 bridgehead atoms. The second-order valence-electron chi connectivity index (χ2n) is 6.24. The van der Waals surface area contributed by atoms with Crippen LogP contribution < -0.4 is 10.2 Å². The Kier molecular flexibility index (Phi) is 5.26. The van der Waals surface area contributed by atoms with Crippen molar-refractivity contribution in [1.82, 2.24) is 9.88 Å². The van der Waals surface area contributed by atoms with Crippen molar-refractivity contribution in [2.75, 3.05) is 48.8 Å². The minimum Gasteiger partial charge on any atom is -0.378 e. The molecule has 0 radical (unpaired) electrons. The fourth-order valence-corrected chi connectivity index (χ4v) is 4.03. The van der Waals surface area contributed by atoms with E-state index in [0.29, 0.717) is 44.1 Å². The zero-order valence-corrected chi connectivity index (χ0v) is 15.6. The van der Waals surface area contributed by atoms with Gasteiger partial charge in [0.05, 0.1) is 18.9 Å². The number of nitrogens with zero attached hydrogens (tertiary/aromatic N) is 3. The van der Waals surface area contributed by atoms with Crippen LogP contribution in [0.2, 0.25) is 0 Å². The largest absolute Gasteiger partial charge is 0.378 e. The molecule has 8 heteroatoms.